The van der Waals surface area contributed by atoms with E-state index >= 15 is 0 Å². The van der Waals surface area contributed by atoms with Crippen molar-refractivity contribution in [2.45, 2.75) is 24.0 Å². The molecule has 0 spiro atoms. The van der Waals surface area contributed by atoms with E-state index in [1.165, 1.54) is 12.8 Å². The molecule has 0 bridgehead atoms. The van der Waals surface area contributed by atoms with Crippen molar-refractivity contribution in [2.75, 3.05) is 24.7 Å². The highest BCUT2D eigenvalue weighted by molar-refractivity contribution is 7.99. The molecule has 15 heavy (non-hydrogen) atoms. The van der Waals surface area contributed by atoms with E-state index in [4.69, 9.17) is 4.74 Å². The van der Waals surface area contributed by atoms with E-state index in [0.717, 1.165) is 23.3 Å². The van der Waals surface area contributed by atoms with Gasteiger partial charge in [0, 0.05) is 11.5 Å². The van der Waals surface area contributed by atoms with E-state index < -0.39 is 0 Å². The van der Waals surface area contributed by atoms with Crippen molar-refractivity contribution in [3.05, 3.63) is 0 Å². The van der Waals surface area contributed by atoms with Gasteiger partial charge in [0.05, 0.1) is 19.3 Å². The first-order valence-corrected chi connectivity index (χ1v) is 6.63. The zero-order valence-electron chi connectivity index (χ0n) is 8.37. The van der Waals surface area contributed by atoms with Crippen molar-refractivity contribution in [2.24, 2.45) is 0 Å². The van der Waals surface area contributed by atoms with Crippen LogP contribution in [0.4, 0.5) is 0 Å². The molecule has 1 aromatic rings. The second-order valence-electron chi connectivity index (χ2n) is 3.32. The Morgan fingerprint density at radius 3 is 3.07 bits per heavy atom. The predicted molar refractivity (Wildman–Crippen MR) is 61.5 cm³/mol. The van der Waals surface area contributed by atoms with Crippen LogP contribution in [0, 0.1) is 0 Å². The Morgan fingerprint density at radius 2 is 2.33 bits per heavy atom. The average Bonchev–Trinajstić information content (AvgIpc) is 2.99. The third-order valence-electron chi connectivity index (χ3n) is 2.05. The van der Waals surface area contributed by atoms with Crippen molar-refractivity contribution in [3.63, 3.8) is 0 Å². The summed E-state index contributed by atoms with van der Waals surface area (Å²) in [5, 5.41) is 12.6. The molecule has 1 aliphatic rings. The highest BCUT2D eigenvalue weighted by atomic mass is 32.2. The maximum Gasteiger partial charge on any atom is 0.209 e. The summed E-state index contributed by atoms with van der Waals surface area (Å²) in [5.41, 5.74) is 0. The normalized spacial score (nSPS) is 15.8. The molecular weight excluding hydrogens is 232 g/mol. The van der Waals surface area contributed by atoms with Gasteiger partial charge in [0.15, 0.2) is 0 Å². The summed E-state index contributed by atoms with van der Waals surface area (Å²) in [6, 6.07) is 0.542. The number of aromatic nitrogens is 4. The van der Waals surface area contributed by atoms with Crippen molar-refractivity contribution < 1.29 is 4.74 Å². The summed E-state index contributed by atoms with van der Waals surface area (Å²) in [6.07, 6.45) is 2.41. The topological polar surface area (TPSA) is 52.8 Å². The van der Waals surface area contributed by atoms with Gasteiger partial charge < -0.3 is 4.74 Å². The van der Waals surface area contributed by atoms with Crippen LogP contribution in [-0.4, -0.2) is 44.9 Å². The number of ether oxygens (including phenoxy) is 1. The number of thioether (sulfide) groups is 1. The largest absolute Gasteiger partial charge is 0.380 e. The lowest BCUT2D eigenvalue weighted by Crippen LogP contribution is -2.03. The lowest BCUT2D eigenvalue weighted by atomic mass is 10.7. The molecular formula is C8H14N4OS2. The molecule has 0 aliphatic heterocycles. The monoisotopic (exact) mass is 246 g/mol. The third-order valence-corrected chi connectivity index (χ3v) is 3.13. The van der Waals surface area contributed by atoms with E-state index in [1.807, 2.05) is 4.68 Å². The molecule has 5 nitrogen and oxygen atoms in total. The van der Waals surface area contributed by atoms with Crippen molar-refractivity contribution in [1.82, 2.24) is 20.2 Å². The summed E-state index contributed by atoms with van der Waals surface area (Å²) in [4.78, 5) is 0. The molecule has 1 aromatic heterocycles. The number of tetrazole rings is 1. The molecule has 2 rings (SSSR count). The van der Waals surface area contributed by atoms with Crippen molar-refractivity contribution >= 4 is 24.4 Å². The van der Waals surface area contributed by atoms with Crippen LogP contribution in [0.15, 0.2) is 5.16 Å². The SMILES string of the molecule is SCCOCCSc1nnnn1C1CC1. The Hall–Kier alpha value is -0.270. The Labute approximate surface area is 98.4 Å². The Balaban J connectivity index is 1.70. The number of thiol groups is 1. The van der Waals surface area contributed by atoms with Gasteiger partial charge in [-0.25, -0.2) is 4.68 Å². The van der Waals surface area contributed by atoms with Crippen LogP contribution >= 0.6 is 24.4 Å². The van der Waals surface area contributed by atoms with Crippen LogP contribution in [0.2, 0.25) is 0 Å². The first kappa shape index (κ1) is 11.2. The Bertz CT molecular complexity index is 303. The number of nitrogens with zero attached hydrogens (tertiary/aromatic N) is 4. The maximum atomic E-state index is 5.32. The maximum absolute atomic E-state index is 5.32. The van der Waals surface area contributed by atoms with Crippen LogP contribution in [0.5, 0.6) is 0 Å². The van der Waals surface area contributed by atoms with Crippen molar-refractivity contribution in [3.8, 4) is 0 Å². The molecule has 0 amide bonds. The molecule has 0 unspecified atom stereocenters. The van der Waals surface area contributed by atoms with Crippen LogP contribution in [0.1, 0.15) is 18.9 Å². The van der Waals surface area contributed by atoms with E-state index in [2.05, 4.69) is 28.2 Å². The van der Waals surface area contributed by atoms with E-state index in [-0.39, 0.29) is 0 Å². The molecule has 0 atom stereocenters. The van der Waals surface area contributed by atoms with Crippen LogP contribution in [-0.2, 0) is 4.74 Å². The van der Waals surface area contributed by atoms with E-state index in [9.17, 15) is 0 Å². The minimum atomic E-state index is 0.542. The quantitative estimate of drug-likeness (QED) is 0.443. The lowest BCUT2D eigenvalue weighted by molar-refractivity contribution is 0.167. The summed E-state index contributed by atoms with van der Waals surface area (Å²) in [6.45, 7) is 1.43. The third kappa shape index (κ3) is 3.35. The number of hydrogen-bond donors (Lipinski definition) is 1. The van der Waals surface area contributed by atoms with Gasteiger partial charge in [-0.1, -0.05) is 11.8 Å². The predicted octanol–water partition coefficient (Wildman–Crippen LogP) is 1.05. The molecule has 1 heterocycles. The van der Waals surface area contributed by atoms with Crippen LogP contribution < -0.4 is 0 Å². The molecule has 0 saturated heterocycles. The standard InChI is InChI=1S/C8H14N4OS2/c14-5-3-13-4-6-15-8-9-10-11-12(8)7-1-2-7/h7,14H,1-6H2. The van der Waals surface area contributed by atoms with Gasteiger partial charge in [0.2, 0.25) is 5.16 Å². The van der Waals surface area contributed by atoms with Gasteiger partial charge in [0.25, 0.3) is 0 Å². The minimum absolute atomic E-state index is 0.542. The smallest absolute Gasteiger partial charge is 0.209 e. The number of hydrogen-bond acceptors (Lipinski definition) is 6. The van der Waals surface area contributed by atoms with Gasteiger partial charge in [-0.15, -0.1) is 5.10 Å². The highest BCUT2D eigenvalue weighted by Crippen LogP contribution is 2.36. The molecule has 84 valence electrons. The summed E-state index contributed by atoms with van der Waals surface area (Å²) < 4.78 is 7.24. The summed E-state index contributed by atoms with van der Waals surface area (Å²) >= 11 is 5.72. The second-order valence-corrected chi connectivity index (χ2v) is 4.83. The zero-order chi connectivity index (χ0) is 10.5. The molecule has 1 saturated carbocycles. The first-order valence-electron chi connectivity index (χ1n) is 5.01. The van der Waals surface area contributed by atoms with Gasteiger partial charge >= 0.3 is 0 Å². The molecule has 0 N–H and O–H groups in total. The van der Waals surface area contributed by atoms with Gasteiger partial charge in [-0.05, 0) is 23.3 Å². The fourth-order valence-electron chi connectivity index (χ4n) is 1.19. The zero-order valence-corrected chi connectivity index (χ0v) is 10.1. The molecule has 1 fully saturated rings. The van der Waals surface area contributed by atoms with Gasteiger partial charge in [-0.3, -0.25) is 0 Å². The van der Waals surface area contributed by atoms with Crippen LogP contribution in [0.3, 0.4) is 0 Å². The fraction of sp³-hybridized carbons (Fsp3) is 0.875. The van der Waals surface area contributed by atoms with Crippen molar-refractivity contribution in [1.29, 1.82) is 0 Å². The number of rotatable bonds is 7. The Morgan fingerprint density at radius 1 is 1.47 bits per heavy atom. The fourth-order valence-corrected chi connectivity index (χ4v) is 2.11. The highest BCUT2D eigenvalue weighted by Gasteiger charge is 2.27. The average molecular weight is 246 g/mol. The minimum Gasteiger partial charge on any atom is -0.380 e. The summed E-state index contributed by atoms with van der Waals surface area (Å²) in [5.74, 6) is 1.66. The van der Waals surface area contributed by atoms with Gasteiger partial charge in [0.1, 0.15) is 0 Å². The lowest BCUT2D eigenvalue weighted by Gasteiger charge is -2.02. The second kappa shape index (κ2) is 5.72. The van der Waals surface area contributed by atoms with E-state index in [1.54, 1.807) is 11.8 Å². The Kier molecular flexibility index (Phi) is 4.28. The summed E-state index contributed by atoms with van der Waals surface area (Å²) in [7, 11) is 0. The molecule has 0 radical (unpaired) electrons. The molecule has 7 heteroatoms. The van der Waals surface area contributed by atoms with E-state index in [0.29, 0.717) is 12.6 Å². The molecule has 1 aliphatic carbocycles. The van der Waals surface area contributed by atoms with Crippen LogP contribution in [0.25, 0.3) is 0 Å². The molecule has 0 aromatic carbocycles. The van der Waals surface area contributed by atoms with Gasteiger partial charge in [-0.2, -0.15) is 12.6 Å². The first-order chi connectivity index (χ1) is 7.42.